The normalized spacial score (nSPS) is 19.2. The maximum Gasteiger partial charge on any atom is 0.266 e. The Morgan fingerprint density at radius 2 is 1.81 bits per heavy atom. The summed E-state index contributed by atoms with van der Waals surface area (Å²) in [5.74, 6) is -4.12. The quantitative estimate of drug-likeness (QED) is 0.629. The number of anilines is 1. The number of hydrogen-bond acceptors (Lipinski definition) is 3. The summed E-state index contributed by atoms with van der Waals surface area (Å²) in [5, 5.41) is 8.58. The van der Waals surface area contributed by atoms with Gasteiger partial charge in [0, 0.05) is 36.0 Å². The first-order valence-corrected chi connectivity index (χ1v) is 8.87. The molecule has 8 heteroatoms. The number of hydrogen-bond donors (Lipinski definition) is 0. The van der Waals surface area contributed by atoms with Crippen molar-refractivity contribution in [1.29, 1.82) is 0 Å². The maximum atomic E-state index is 13.8. The fourth-order valence-corrected chi connectivity index (χ4v) is 3.75. The van der Waals surface area contributed by atoms with E-state index in [1.54, 1.807) is 18.3 Å². The summed E-state index contributed by atoms with van der Waals surface area (Å²) in [5.41, 5.74) is 2.08. The fraction of sp³-hybridized carbons (Fsp3) is 0.368. The smallest absolute Gasteiger partial charge is 0.266 e. The zero-order valence-corrected chi connectivity index (χ0v) is 14.3. The lowest BCUT2D eigenvalue weighted by Gasteiger charge is -2.17. The zero-order valence-electron chi connectivity index (χ0n) is 14.3. The number of benzene rings is 1. The number of fused-ring (bicyclic) bond motifs is 1. The van der Waals surface area contributed by atoms with Crippen molar-refractivity contribution < 1.29 is 17.6 Å². The number of aromatic nitrogens is 3. The molecule has 0 amide bonds. The molecule has 0 N–H and O–H groups in total. The van der Waals surface area contributed by atoms with Gasteiger partial charge in [-0.1, -0.05) is 0 Å². The van der Waals surface area contributed by atoms with E-state index >= 15 is 0 Å². The Balaban J connectivity index is 1.62. The summed E-state index contributed by atoms with van der Waals surface area (Å²) in [6.45, 7) is -0.166. The molecular formula is C19H16F4N4. The van der Waals surface area contributed by atoms with Gasteiger partial charge in [-0.2, -0.15) is 5.10 Å². The number of rotatable bonds is 3. The van der Waals surface area contributed by atoms with Gasteiger partial charge < -0.3 is 9.47 Å². The molecule has 1 saturated carbocycles. The topological polar surface area (TPSA) is 34.0 Å². The molecule has 1 aliphatic heterocycles. The van der Waals surface area contributed by atoms with Crippen molar-refractivity contribution in [1.82, 2.24) is 14.8 Å². The minimum Gasteiger partial charge on any atom is -0.349 e. The fourth-order valence-electron chi connectivity index (χ4n) is 3.75. The molecule has 5 rings (SSSR count). The predicted molar refractivity (Wildman–Crippen MR) is 92.9 cm³/mol. The van der Waals surface area contributed by atoms with Crippen LogP contribution in [0, 0.1) is 11.6 Å². The van der Waals surface area contributed by atoms with Crippen molar-refractivity contribution >= 4 is 16.7 Å². The van der Waals surface area contributed by atoms with Crippen LogP contribution in [0.5, 0.6) is 0 Å². The van der Waals surface area contributed by atoms with E-state index in [9.17, 15) is 17.6 Å². The van der Waals surface area contributed by atoms with E-state index < -0.39 is 17.6 Å². The summed E-state index contributed by atoms with van der Waals surface area (Å²) in [6, 6.07) is 6.12. The van der Waals surface area contributed by atoms with Crippen LogP contribution in [-0.4, -0.2) is 33.8 Å². The van der Waals surface area contributed by atoms with E-state index in [1.807, 2.05) is 4.57 Å². The van der Waals surface area contributed by atoms with Gasteiger partial charge in [0.15, 0.2) is 17.5 Å². The van der Waals surface area contributed by atoms with Crippen molar-refractivity contribution in [2.75, 3.05) is 18.0 Å². The van der Waals surface area contributed by atoms with Gasteiger partial charge in [-0.25, -0.2) is 17.6 Å². The van der Waals surface area contributed by atoms with Crippen LogP contribution in [0.2, 0.25) is 0 Å². The molecule has 3 aromatic rings. The molecule has 0 radical (unpaired) electrons. The molecule has 140 valence electrons. The Kier molecular flexibility index (Phi) is 3.47. The van der Waals surface area contributed by atoms with Gasteiger partial charge in [-0.05, 0) is 31.0 Å². The first-order valence-electron chi connectivity index (χ1n) is 8.87. The van der Waals surface area contributed by atoms with Crippen molar-refractivity contribution in [2.24, 2.45) is 0 Å². The summed E-state index contributed by atoms with van der Waals surface area (Å²) in [7, 11) is 0. The Hall–Kier alpha value is -2.64. The highest BCUT2D eigenvalue weighted by Gasteiger charge is 2.39. The van der Waals surface area contributed by atoms with Gasteiger partial charge >= 0.3 is 0 Å². The average molecular weight is 376 g/mol. The molecule has 27 heavy (non-hydrogen) atoms. The van der Waals surface area contributed by atoms with Crippen molar-refractivity contribution in [2.45, 2.75) is 31.2 Å². The summed E-state index contributed by atoms with van der Waals surface area (Å²) >= 11 is 0. The number of halogens is 4. The monoisotopic (exact) mass is 376 g/mol. The standard InChI is InChI=1S/C19H16F4N4/c20-14-5-11-6-16(27(13-1-2-13)17(11)8-15(14)21)12-7-18(25-24-9-12)26-4-3-19(22,23)10-26/h5-9,13H,1-4,10H2. The Morgan fingerprint density at radius 1 is 1.04 bits per heavy atom. The summed E-state index contributed by atoms with van der Waals surface area (Å²) in [4.78, 5) is 1.51. The Morgan fingerprint density at radius 3 is 2.52 bits per heavy atom. The number of alkyl halides is 2. The van der Waals surface area contributed by atoms with Gasteiger partial charge in [0.2, 0.25) is 0 Å². The van der Waals surface area contributed by atoms with Crippen LogP contribution in [0.3, 0.4) is 0 Å². The lowest BCUT2D eigenvalue weighted by Crippen LogP contribution is -2.25. The second-order valence-corrected chi connectivity index (χ2v) is 7.29. The molecular weight excluding hydrogens is 360 g/mol. The van der Waals surface area contributed by atoms with E-state index in [1.165, 1.54) is 17.0 Å². The molecule has 2 aliphatic rings. The largest absolute Gasteiger partial charge is 0.349 e. The van der Waals surface area contributed by atoms with Gasteiger partial charge in [-0.3, -0.25) is 0 Å². The van der Waals surface area contributed by atoms with Gasteiger partial charge in [0.05, 0.1) is 24.0 Å². The average Bonchev–Trinajstić information content (AvgIpc) is 3.31. The van der Waals surface area contributed by atoms with E-state index in [0.717, 1.165) is 18.5 Å². The second-order valence-electron chi connectivity index (χ2n) is 7.29. The molecule has 4 nitrogen and oxygen atoms in total. The van der Waals surface area contributed by atoms with Crippen LogP contribution in [0.25, 0.3) is 22.2 Å². The maximum absolute atomic E-state index is 13.8. The SMILES string of the molecule is Fc1cc2cc(-c3cnnc(N4CCC(F)(F)C4)c3)n(C3CC3)c2cc1F. The van der Waals surface area contributed by atoms with Crippen LogP contribution in [0.4, 0.5) is 23.4 Å². The first kappa shape index (κ1) is 16.5. The van der Waals surface area contributed by atoms with Crippen LogP contribution in [0.15, 0.2) is 30.5 Å². The minimum absolute atomic E-state index is 0.209. The summed E-state index contributed by atoms with van der Waals surface area (Å²) in [6.07, 6.45) is 3.26. The van der Waals surface area contributed by atoms with E-state index in [4.69, 9.17) is 0 Å². The summed E-state index contributed by atoms with van der Waals surface area (Å²) < 4.78 is 56.5. The van der Waals surface area contributed by atoms with Gasteiger partial charge in [0.1, 0.15) is 0 Å². The highest BCUT2D eigenvalue weighted by Crippen LogP contribution is 2.43. The van der Waals surface area contributed by atoms with Crippen molar-refractivity contribution in [3.8, 4) is 11.3 Å². The number of nitrogens with zero attached hydrogens (tertiary/aromatic N) is 4. The van der Waals surface area contributed by atoms with Crippen molar-refractivity contribution in [3.05, 3.63) is 42.1 Å². The van der Waals surface area contributed by atoms with E-state index in [2.05, 4.69) is 10.2 Å². The third kappa shape index (κ3) is 2.83. The van der Waals surface area contributed by atoms with Gasteiger partial charge in [0.25, 0.3) is 5.92 Å². The first-order chi connectivity index (χ1) is 12.9. The lowest BCUT2D eigenvalue weighted by atomic mass is 10.2. The highest BCUT2D eigenvalue weighted by atomic mass is 19.3. The van der Waals surface area contributed by atoms with E-state index in [0.29, 0.717) is 22.3 Å². The molecule has 1 saturated heterocycles. The predicted octanol–water partition coefficient (Wildman–Crippen LogP) is 4.56. The Labute approximate surface area is 152 Å². The molecule has 0 bridgehead atoms. The van der Waals surface area contributed by atoms with Crippen LogP contribution < -0.4 is 4.90 Å². The molecule has 1 aliphatic carbocycles. The minimum atomic E-state index is -2.73. The van der Waals surface area contributed by atoms with Gasteiger partial charge in [-0.15, -0.1) is 5.10 Å². The molecule has 1 aromatic carbocycles. The molecule has 2 fully saturated rings. The molecule has 3 heterocycles. The second kappa shape index (κ2) is 5.68. The molecule has 0 spiro atoms. The molecule has 0 atom stereocenters. The van der Waals surface area contributed by atoms with E-state index in [-0.39, 0.29) is 25.6 Å². The zero-order chi connectivity index (χ0) is 18.8. The lowest BCUT2D eigenvalue weighted by molar-refractivity contribution is 0.0256. The molecule has 0 unspecified atom stereocenters. The van der Waals surface area contributed by atoms with Crippen LogP contribution in [-0.2, 0) is 0 Å². The van der Waals surface area contributed by atoms with Crippen LogP contribution >= 0.6 is 0 Å². The Bertz CT molecular complexity index is 1040. The third-order valence-electron chi connectivity index (χ3n) is 5.22. The highest BCUT2D eigenvalue weighted by molar-refractivity contribution is 5.87. The third-order valence-corrected chi connectivity index (χ3v) is 5.22. The molecule has 2 aromatic heterocycles. The van der Waals surface area contributed by atoms with Crippen molar-refractivity contribution in [3.63, 3.8) is 0 Å². The van der Waals surface area contributed by atoms with Crippen LogP contribution in [0.1, 0.15) is 25.3 Å².